The lowest BCUT2D eigenvalue weighted by Crippen LogP contribution is -2.52. The van der Waals surface area contributed by atoms with E-state index >= 15 is 0 Å². The monoisotopic (exact) mass is 384 g/mol. The van der Waals surface area contributed by atoms with Crippen molar-refractivity contribution in [2.24, 2.45) is 11.3 Å². The highest BCUT2D eigenvalue weighted by Gasteiger charge is 2.41. The van der Waals surface area contributed by atoms with E-state index in [-0.39, 0.29) is 11.3 Å². The number of benzene rings is 1. The van der Waals surface area contributed by atoms with Crippen LogP contribution in [0.1, 0.15) is 39.2 Å². The van der Waals surface area contributed by atoms with Crippen LogP contribution in [0.2, 0.25) is 10.0 Å². The number of hydrogen-bond donors (Lipinski definition) is 0. The molecule has 0 unspecified atom stereocenters. The van der Waals surface area contributed by atoms with Crippen molar-refractivity contribution in [3.8, 4) is 0 Å². The van der Waals surface area contributed by atoms with Crippen LogP contribution in [0, 0.1) is 11.3 Å². The Labute approximate surface area is 162 Å². The molecule has 1 aromatic carbocycles. The van der Waals surface area contributed by atoms with Crippen LogP contribution in [-0.4, -0.2) is 48.9 Å². The lowest BCUT2D eigenvalue weighted by atomic mass is 9.66. The molecule has 3 nitrogen and oxygen atoms in total. The van der Waals surface area contributed by atoms with Crippen LogP contribution in [0.4, 0.5) is 0 Å². The Morgan fingerprint density at radius 3 is 2.64 bits per heavy atom. The van der Waals surface area contributed by atoms with Crippen molar-refractivity contribution in [2.75, 3.05) is 27.2 Å². The highest BCUT2D eigenvalue weighted by Crippen LogP contribution is 2.42. The van der Waals surface area contributed by atoms with Gasteiger partial charge < -0.3 is 9.80 Å². The molecule has 0 aromatic heterocycles. The summed E-state index contributed by atoms with van der Waals surface area (Å²) in [6, 6.07) is 5.91. The Morgan fingerprint density at radius 1 is 1.32 bits per heavy atom. The Bertz CT molecular complexity index is 622. The largest absolute Gasteiger partial charge is 0.345 e. The number of piperidine rings is 1. The van der Waals surface area contributed by atoms with Gasteiger partial charge in [-0.05, 0) is 62.4 Å². The Balaban J connectivity index is 1.95. The van der Waals surface area contributed by atoms with Crippen molar-refractivity contribution in [1.82, 2.24) is 9.80 Å². The number of likely N-dealkylation sites (N-methyl/N-ethyl adjacent to an activating group) is 1. The standard InChI is InChI=1S/C20H30Cl2N2O/c1-14-8-10-23(4)15(2)20(14,3)9-11-24(5)19(25)13-16-6-7-17(21)18(22)12-16/h6-7,12,14-15H,8-11,13H2,1-5H3/t14-,15+,20-/m0/s1. The lowest BCUT2D eigenvalue weighted by molar-refractivity contribution is -0.130. The van der Waals surface area contributed by atoms with E-state index in [4.69, 9.17) is 23.2 Å². The van der Waals surface area contributed by atoms with Gasteiger partial charge in [0.2, 0.25) is 5.91 Å². The molecular formula is C20H30Cl2N2O. The molecule has 3 atom stereocenters. The van der Waals surface area contributed by atoms with E-state index < -0.39 is 0 Å². The molecule has 5 heteroatoms. The molecule has 0 N–H and O–H groups in total. The zero-order chi connectivity index (χ0) is 18.8. The molecule has 0 aliphatic carbocycles. The summed E-state index contributed by atoms with van der Waals surface area (Å²) in [4.78, 5) is 16.8. The molecule has 0 radical (unpaired) electrons. The molecule has 1 aliphatic heterocycles. The first kappa shape index (κ1) is 20.5. The van der Waals surface area contributed by atoms with E-state index in [1.807, 2.05) is 18.0 Å². The molecule has 2 rings (SSSR count). The van der Waals surface area contributed by atoms with Gasteiger partial charge in [-0.1, -0.05) is 43.1 Å². The van der Waals surface area contributed by atoms with E-state index in [9.17, 15) is 4.79 Å². The molecule has 0 bridgehead atoms. The molecule has 1 aliphatic rings. The van der Waals surface area contributed by atoms with Gasteiger partial charge >= 0.3 is 0 Å². The van der Waals surface area contributed by atoms with Crippen LogP contribution >= 0.6 is 23.2 Å². The van der Waals surface area contributed by atoms with Gasteiger partial charge in [0.15, 0.2) is 0 Å². The predicted octanol–water partition coefficient (Wildman–Crippen LogP) is 4.75. The van der Waals surface area contributed by atoms with Crippen LogP contribution < -0.4 is 0 Å². The van der Waals surface area contributed by atoms with E-state index in [1.54, 1.807) is 12.1 Å². The molecule has 1 saturated heterocycles. The molecule has 1 amide bonds. The molecule has 140 valence electrons. The van der Waals surface area contributed by atoms with E-state index in [2.05, 4.69) is 32.7 Å². The number of hydrogen-bond acceptors (Lipinski definition) is 2. The van der Waals surface area contributed by atoms with Gasteiger partial charge in [-0.25, -0.2) is 0 Å². The molecule has 1 heterocycles. The first-order chi connectivity index (χ1) is 11.6. The Hall–Kier alpha value is -0.770. The second-order valence-corrected chi connectivity index (χ2v) is 8.66. The number of nitrogens with zero attached hydrogens (tertiary/aromatic N) is 2. The third-order valence-electron chi connectivity index (χ3n) is 6.41. The predicted molar refractivity (Wildman–Crippen MR) is 106 cm³/mol. The highest BCUT2D eigenvalue weighted by molar-refractivity contribution is 6.42. The zero-order valence-corrected chi connectivity index (χ0v) is 17.5. The van der Waals surface area contributed by atoms with E-state index in [0.29, 0.717) is 28.4 Å². The van der Waals surface area contributed by atoms with Crippen LogP contribution in [0.3, 0.4) is 0 Å². The van der Waals surface area contributed by atoms with Crippen LogP contribution in [0.15, 0.2) is 18.2 Å². The third-order valence-corrected chi connectivity index (χ3v) is 7.15. The van der Waals surface area contributed by atoms with Crippen molar-refractivity contribution >= 4 is 29.1 Å². The molecule has 1 fully saturated rings. The topological polar surface area (TPSA) is 23.6 Å². The van der Waals surface area contributed by atoms with Gasteiger partial charge in [-0.15, -0.1) is 0 Å². The number of halogens is 2. The smallest absolute Gasteiger partial charge is 0.226 e. The van der Waals surface area contributed by atoms with Crippen molar-refractivity contribution < 1.29 is 4.79 Å². The fraction of sp³-hybridized carbons (Fsp3) is 0.650. The van der Waals surface area contributed by atoms with Crippen molar-refractivity contribution in [2.45, 2.75) is 46.1 Å². The number of rotatable bonds is 5. The maximum Gasteiger partial charge on any atom is 0.226 e. The van der Waals surface area contributed by atoms with Gasteiger partial charge in [-0.2, -0.15) is 0 Å². The molecular weight excluding hydrogens is 355 g/mol. The maximum absolute atomic E-state index is 12.6. The minimum atomic E-state index is 0.117. The average molecular weight is 385 g/mol. The van der Waals surface area contributed by atoms with E-state index in [0.717, 1.165) is 25.1 Å². The summed E-state index contributed by atoms with van der Waals surface area (Å²) in [5.74, 6) is 0.781. The summed E-state index contributed by atoms with van der Waals surface area (Å²) in [5.41, 5.74) is 1.13. The minimum Gasteiger partial charge on any atom is -0.345 e. The molecule has 0 spiro atoms. The summed E-state index contributed by atoms with van der Waals surface area (Å²) in [5, 5.41) is 1.01. The summed E-state index contributed by atoms with van der Waals surface area (Å²) in [7, 11) is 4.10. The number of likely N-dealkylation sites (tertiary alicyclic amines) is 1. The molecule has 25 heavy (non-hydrogen) atoms. The van der Waals surface area contributed by atoms with Gasteiger partial charge in [0.1, 0.15) is 0 Å². The van der Waals surface area contributed by atoms with Gasteiger partial charge in [-0.3, -0.25) is 4.79 Å². The second-order valence-electron chi connectivity index (χ2n) is 7.84. The number of carbonyl (C=O) groups is 1. The Morgan fingerprint density at radius 2 is 2.00 bits per heavy atom. The van der Waals surface area contributed by atoms with E-state index in [1.165, 1.54) is 6.42 Å². The van der Waals surface area contributed by atoms with Crippen LogP contribution in [-0.2, 0) is 11.2 Å². The fourth-order valence-corrected chi connectivity index (χ4v) is 4.10. The molecule has 0 saturated carbocycles. The first-order valence-electron chi connectivity index (χ1n) is 9.03. The van der Waals surface area contributed by atoms with Gasteiger partial charge in [0.25, 0.3) is 0 Å². The number of carbonyl (C=O) groups excluding carboxylic acids is 1. The average Bonchev–Trinajstić information content (AvgIpc) is 2.58. The van der Waals surface area contributed by atoms with Crippen LogP contribution in [0.25, 0.3) is 0 Å². The molecule has 1 aromatic rings. The van der Waals surface area contributed by atoms with Gasteiger partial charge in [0, 0.05) is 19.6 Å². The first-order valence-corrected chi connectivity index (χ1v) is 9.79. The zero-order valence-electron chi connectivity index (χ0n) is 16.0. The fourth-order valence-electron chi connectivity index (χ4n) is 3.78. The van der Waals surface area contributed by atoms with Crippen molar-refractivity contribution in [3.05, 3.63) is 33.8 Å². The third kappa shape index (κ3) is 4.69. The normalized spacial score (nSPS) is 27.3. The summed E-state index contributed by atoms with van der Waals surface area (Å²) >= 11 is 12.0. The minimum absolute atomic E-state index is 0.117. The van der Waals surface area contributed by atoms with Gasteiger partial charge in [0.05, 0.1) is 16.5 Å². The maximum atomic E-state index is 12.6. The second kappa shape index (κ2) is 8.28. The quantitative estimate of drug-likeness (QED) is 0.730. The summed E-state index contributed by atoms with van der Waals surface area (Å²) in [6.45, 7) is 8.96. The summed E-state index contributed by atoms with van der Waals surface area (Å²) in [6.07, 6.45) is 2.59. The SMILES string of the molecule is C[C@H]1CCN(C)[C@H](C)[C@@]1(C)CCN(C)C(=O)Cc1ccc(Cl)c(Cl)c1. The van der Waals surface area contributed by atoms with Crippen molar-refractivity contribution in [3.63, 3.8) is 0 Å². The Kier molecular flexibility index (Phi) is 6.80. The van der Waals surface area contributed by atoms with Crippen LogP contribution in [0.5, 0.6) is 0 Å². The highest BCUT2D eigenvalue weighted by atomic mass is 35.5. The lowest BCUT2D eigenvalue weighted by Gasteiger charge is -2.50. The van der Waals surface area contributed by atoms with Crippen molar-refractivity contribution in [1.29, 1.82) is 0 Å². The summed E-state index contributed by atoms with van der Waals surface area (Å²) < 4.78 is 0. The number of amides is 1.